The number of carbonyl (C=O) groups is 2. The van der Waals surface area contributed by atoms with Gasteiger partial charge in [0.05, 0.1) is 6.61 Å². The maximum Gasteiger partial charge on any atom is 0.251 e. The minimum atomic E-state index is -0.545. The maximum absolute atomic E-state index is 12.8. The second-order valence-electron chi connectivity index (χ2n) is 7.97. The summed E-state index contributed by atoms with van der Waals surface area (Å²) >= 11 is 0. The Morgan fingerprint density at radius 1 is 1.15 bits per heavy atom. The van der Waals surface area contributed by atoms with Gasteiger partial charge in [-0.05, 0) is 62.8 Å². The number of hydrogen-bond donors (Lipinski definition) is 3. The molecule has 1 aromatic carbocycles. The van der Waals surface area contributed by atoms with Crippen molar-refractivity contribution in [1.29, 1.82) is 0 Å². The van der Waals surface area contributed by atoms with Crippen LogP contribution in [-0.4, -0.2) is 42.6 Å². The lowest BCUT2D eigenvalue weighted by atomic mass is 9.97. The zero-order valence-electron chi connectivity index (χ0n) is 16.5. The zero-order chi connectivity index (χ0) is 19.4. The van der Waals surface area contributed by atoms with E-state index in [1.165, 1.54) is 12.8 Å². The fraction of sp³-hybridized carbons (Fsp3) is 0.619. The number of rotatable bonds is 7. The minimum absolute atomic E-state index is 0.00934. The molecule has 6 heteroatoms. The number of fused-ring (bicyclic) bond motifs is 2. The molecular formula is C21H31N3O3. The largest absolute Gasteiger partial charge is 0.494 e. The number of carbonyl (C=O) groups excluding carboxylic acids is 2. The molecule has 3 N–H and O–H groups in total. The van der Waals surface area contributed by atoms with E-state index in [0.29, 0.717) is 24.3 Å². The molecule has 3 atom stereocenters. The lowest BCUT2D eigenvalue weighted by molar-refractivity contribution is -0.124. The van der Waals surface area contributed by atoms with Gasteiger partial charge in [-0.15, -0.1) is 0 Å². The molecular weight excluding hydrogens is 342 g/mol. The van der Waals surface area contributed by atoms with Gasteiger partial charge < -0.3 is 20.7 Å². The molecule has 2 fully saturated rings. The SMILES string of the molecule is CCOc1ccc(C(=O)NC(C(=O)NC2CC3CCC(C2)N3)C(C)C)cc1. The molecule has 2 amide bonds. The topological polar surface area (TPSA) is 79.5 Å². The molecule has 0 aromatic heterocycles. The standard InChI is InChI=1S/C21H31N3O3/c1-4-27-18-9-5-14(6-10-18)20(25)24-19(13(2)3)21(26)23-17-11-15-7-8-16(12-17)22-15/h5-6,9-10,13,15-17,19,22H,4,7-8,11-12H2,1-3H3,(H,23,26)(H,24,25). The third kappa shape index (κ3) is 5.01. The lowest BCUT2D eigenvalue weighted by Gasteiger charge is -2.31. The first-order valence-corrected chi connectivity index (χ1v) is 10.1. The number of benzene rings is 1. The highest BCUT2D eigenvalue weighted by molar-refractivity contribution is 5.97. The van der Waals surface area contributed by atoms with Crippen LogP contribution in [0.1, 0.15) is 56.8 Å². The van der Waals surface area contributed by atoms with Gasteiger partial charge in [0.25, 0.3) is 5.91 Å². The van der Waals surface area contributed by atoms with Crippen molar-refractivity contribution in [2.24, 2.45) is 5.92 Å². The summed E-state index contributed by atoms with van der Waals surface area (Å²) in [6.45, 7) is 6.41. The summed E-state index contributed by atoms with van der Waals surface area (Å²) < 4.78 is 5.40. The third-order valence-electron chi connectivity index (χ3n) is 5.48. The molecule has 2 bridgehead atoms. The summed E-state index contributed by atoms with van der Waals surface area (Å²) in [5, 5.41) is 9.66. The molecule has 6 nitrogen and oxygen atoms in total. The van der Waals surface area contributed by atoms with Gasteiger partial charge in [0.1, 0.15) is 11.8 Å². The van der Waals surface area contributed by atoms with Gasteiger partial charge in [-0.25, -0.2) is 0 Å². The molecule has 2 aliphatic heterocycles. The second-order valence-corrected chi connectivity index (χ2v) is 7.97. The van der Waals surface area contributed by atoms with E-state index in [4.69, 9.17) is 4.74 Å². The van der Waals surface area contributed by atoms with Gasteiger partial charge in [-0.1, -0.05) is 13.8 Å². The van der Waals surface area contributed by atoms with E-state index in [9.17, 15) is 9.59 Å². The zero-order valence-corrected chi connectivity index (χ0v) is 16.5. The van der Waals surface area contributed by atoms with Gasteiger partial charge in [0.15, 0.2) is 0 Å². The second kappa shape index (κ2) is 8.74. The smallest absolute Gasteiger partial charge is 0.251 e. The Balaban J connectivity index is 1.59. The van der Waals surface area contributed by atoms with Crippen LogP contribution in [0.4, 0.5) is 0 Å². The monoisotopic (exact) mass is 373 g/mol. The highest BCUT2D eigenvalue weighted by Gasteiger charge is 2.35. The number of hydrogen-bond acceptors (Lipinski definition) is 4. The summed E-state index contributed by atoms with van der Waals surface area (Å²) in [4.78, 5) is 25.4. The van der Waals surface area contributed by atoms with Crippen LogP contribution in [-0.2, 0) is 4.79 Å². The van der Waals surface area contributed by atoms with E-state index >= 15 is 0 Å². The van der Waals surface area contributed by atoms with Crippen molar-refractivity contribution >= 4 is 11.8 Å². The Morgan fingerprint density at radius 2 is 1.78 bits per heavy atom. The number of ether oxygens (including phenoxy) is 1. The van der Waals surface area contributed by atoms with E-state index in [2.05, 4.69) is 16.0 Å². The van der Waals surface area contributed by atoms with Crippen molar-refractivity contribution in [3.8, 4) is 5.75 Å². The molecule has 3 unspecified atom stereocenters. The fourth-order valence-electron chi connectivity index (χ4n) is 4.09. The van der Waals surface area contributed by atoms with E-state index in [0.717, 1.165) is 18.6 Å². The molecule has 2 aliphatic rings. The fourth-order valence-corrected chi connectivity index (χ4v) is 4.09. The first-order valence-electron chi connectivity index (χ1n) is 10.1. The predicted molar refractivity (Wildman–Crippen MR) is 105 cm³/mol. The molecule has 2 saturated heterocycles. The molecule has 0 radical (unpaired) electrons. The first kappa shape index (κ1) is 19.7. The summed E-state index contributed by atoms with van der Waals surface area (Å²) in [5.74, 6) is 0.413. The minimum Gasteiger partial charge on any atom is -0.494 e. The predicted octanol–water partition coefficient (Wildman–Crippen LogP) is 2.24. The van der Waals surface area contributed by atoms with E-state index in [-0.39, 0.29) is 23.8 Å². The van der Waals surface area contributed by atoms with Crippen LogP contribution in [0.3, 0.4) is 0 Å². The summed E-state index contributed by atoms with van der Waals surface area (Å²) in [6.07, 6.45) is 4.33. The molecule has 3 rings (SSSR count). The molecule has 0 aliphatic carbocycles. The van der Waals surface area contributed by atoms with Crippen LogP contribution in [0.25, 0.3) is 0 Å². The average molecular weight is 373 g/mol. The van der Waals surface area contributed by atoms with Gasteiger partial charge in [-0.2, -0.15) is 0 Å². The van der Waals surface area contributed by atoms with Gasteiger partial charge >= 0.3 is 0 Å². The van der Waals surface area contributed by atoms with Crippen molar-refractivity contribution in [3.05, 3.63) is 29.8 Å². The van der Waals surface area contributed by atoms with E-state index in [1.807, 2.05) is 20.8 Å². The van der Waals surface area contributed by atoms with Gasteiger partial charge in [-0.3, -0.25) is 9.59 Å². The van der Waals surface area contributed by atoms with Gasteiger partial charge in [0.2, 0.25) is 5.91 Å². The van der Waals surface area contributed by atoms with E-state index in [1.54, 1.807) is 24.3 Å². The Bertz CT molecular complexity index is 647. The molecule has 27 heavy (non-hydrogen) atoms. The number of piperidine rings is 1. The molecule has 0 saturated carbocycles. The average Bonchev–Trinajstić information content (AvgIpc) is 2.98. The van der Waals surface area contributed by atoms with Crippen molar-refractivity contribution in [3.63, 3.8) is 0 Å². The summed E-state index contributed by atoms with van der Waals surface area (Å²) in [7, 11) is 0. The Kier molecular flexibility index (Phi) is 6.37. The van der Waals surface area contributed by atoms with Crippen LogP contribution in [0, 0.1) is 5.92 Å². The van der Waals surface area contributed by atoms with Crippen LogP contribution < -0.4 is 20.7 Å². The highest BCUT2D eigenvalue weighted by atomic mass is 16.5. The van der Waals surface area contributed by atoms with E-state index < -0.39 is 6.04 Å². The molecule has 2 heterocycles. The third-order valence-corrected chi connectivity index (χ3v) is 5.48. The van der Waals surface area contributed by atoms with Crippen molar-refractivity contribution < 1.29 is 14.3 Å². The summed E-state index contributed by atoms with van der Waals surface area (Å²) in [6, 6.07) is 7.67. The van der Waals surface area contributed by atoms with Crippen LogP contribution in [0.15, 0.2) is 24.3 Å². The van der Waals surface area contributed by atoms with Crippen LogP contribution >= 0.6 is 0 Å². The maximum atomic E-state index is 12.8. The first-order chi connectivity index (χ1) is 13.0. The Labute approximate surface area is 161 Å². The quantitative estimate of drug-likeness (QED) is 0.685. The van der Waals surface area contributed by atoms with Crippen molar-refractivity contribution in [2.45, 2.75) is 70.6 Å². The Morgan fingerprint density at radius 3 is 2.33 bits per heavy atom. The van der Waals surface area contributed by atoms with Crippen LogP contribution in [0.5, 0.6) is 5.75 Å². The van der Waals surface area contributed by atoms with Crippen molar-refractivity contribution in [2.75, 3.05) is 6.61 Å². The summed E-state index contributed by atoms with van der Waals surface area (Å²) in [5.41, 5.74) is 0.525. The Hall–Kier alpha value is -2.08. The highest BCUT2D eigenvalue weighted by Crippen LogP contribution is 2.27. The number of amides is 2. The van der Waals surface area contributed by atoms with Crippen molar-refractivity contribution in [1.82, 2.24) is 16.0 Å². The lowest BCUT2D eigenvalue weighted by Crippen LogP contribution is -2.55. The van der Waals surface area contributed by atoms with Gasteiger partial charge in [0, 0.05) is 23.7 Å². The van der Waals surface area contributed by atoms with Crippen LogP contribution in [0.2, 0.25) is 0 Å². The molecule has 148 valence electrons. The normalized spacial score (nSPS) is 25.1. The molecule has 1 aromatic rings. The molecule has 0 spiro atoms. The number of nitrogens with one attached hydrogen (secondary N) is 3.